The fourth-order valence-electron chi connectivity index (χ4n) is 3.49. The Morgan fingerprint density at radius 2 is 1.96 bits per heavy atom. The normalized spacial score (nSPS) is 16.3. The number of nitrogens with one attached hydrogen (secondary N) is 1. The predicted octanol–water partition coefficient (Wildman–Crippen LogP) is 2.17. The molecule has 1 amide bonds. The zero-order valence-corrected chi connectivity index (χ0v) is 16.7. The fourth-order valence-corrected chi connectivity index (χ4v) is 3.49. The third kappa shape index (κ3) is 6.62. The molecule has 28 heavy (non-hydrogen) atoms. The highest BCUT2D eigenvalue weighted by atomic mass is 16.5. The predicted molar refractivity (Wildman–Crippen MR) is 106 cm³/mol. The maximum Gasteiger partial charge on any atom is 0.302 e. The summed E-state index contributed by atoms with van der Waals surface area (Å²) in [4.78, 5) is 46.7. The standard InChI is InChI=1S/C21H27BNO5/c1-13(24)6-4-9-21(27)23-20-11-16-7-5-8-17(18(16)12-22-20)19(26)10-14(2)28-15(3)25/h5,7-8,14,20H,4,6,9-12H2,1-3H3,(H,23,27)/t14?,20-/m0/s1. The molecule has 2 rings (SSSR count). The van der Waals surface area contributed by atoms with Crippen LogP contribution in [0.3, 0.4) is 0 Å². The third-order valence-electron chi connectivity index (χ3n) is 4.74. The van der Waals surface area contributed by atoms with Crippen molar-refractivity contribution in [1.29, 1.82) is 0 Å². The minimum Gasteiger partial charge on any atom is -0.462 e. The number of ketones is 2. The lowest BCUT2D eigenvalue weighted by atomic mass is 9.57. The number of rotatable bonds is 9. The number of amides is 1. The van der Waals surface area contributed by atoms with Crippen LogP contribution in [0.1, 0.15) is 67.9 Å². The van der Waals surface area contributed by atoms with Crippen LogP contribution in [-0.2, 0) is 31.9 Å². The van der Waals surface area contributed by atoms with Gasteiger partial charge >= 0.3 is 5.97 Å². The Hall–Kier alpha value is -2.44. The van der Waals surface area contributed by atoms with Gasteiger partial charge in [-0.25, -0.2) is 0 Å². The highest BCUT2D eigenvalue weighted by molar-refractivity contribution is 6.38. The van der Waals surface area contributed by atoms with Gasteiger partial charge in [-0.3, -0.25) is 14.4 Å². The number of fused-ring (bicyclic) bond motifs is 1. The summed E-state index contributed by atoms with van der Waals surface area (Å²) in [5.41, 5.74) is 2.67. The van der Waals surface area contributed by atoms with Crippen molar-refractivity contribution in [2.24, 2.45) is 0 Å². The van der Waals surface area contributed by atoms with E-state index >= 15 is 0 Å². The highest BCUT2D eigenvalue weighted by Crippen LogP contribution is 2.23. The van der Waals surface area contributed by atoms with E-state index < -0.39 is 12.1 Å². The van der Waals surface area contributed by atoms with Gasteiger partial charge in [0, 0.05) is 37.7 Å². The van der Waals surface area contributed by atoms with E-state index in [1.807, 2.05) is 19.4 Å². The van der Waals surface area contributed by atoms with Gasteiger partial charge in [0.25, 0.3) is 0 Å². The molecule has 1 radical (unpaired) electrons. The van der Waals surface area contributed by atoms with E-state index in [4.69, 9.17) is 4.74 Å². The smallest absolute Gasteiger partial charge is 0.302 e. The number of hydrogen-bond donors (Lipinski definition) is 1. The van der Waals surface area contributed by atoms with Crippen molar-refractivity contribution in [3.05, 3.63) is 34.9 Å². The summed E-state index contributed by atoms with van der Waals surface area (Å²) in [6.45, 7) is 4.56. The van der Waals surface area contributed by atoms with Crippen LogP contribution in [0, 0.1) is 0 Å². The van der Waals surface area contributed by atoms with E-state index in [0.717, 1.165) is 11.1 Å². The first kappa shape index (κ1) is 21.9. The third-order valence-corrected chi connectivity index (χ3v) is 4.74. The van der Waals surface area contributed by atoms with E-state index in [1.54, 1.807) is 13.0 Å². The second kappa shape index (κ2) is 10.2. The summed E-state index contributed by atoms with van der Waals surface area (Å²) < 4.78 is 5.06. The molecule has 0 fully saturated rings. The molecular formula is C21H27BNO5. The van der Waals surface area contributed by atoms with Gasteiger partial charge in [-0.15, -0.1) is 0 Å². The molecule has 0 aromatic heterocycles. The average Bonchev–Trinajstić information content (AvgIpc) is 2.59. The van der Waals surface area contributed by atoms with Gasteiger partial charge in [0.1, 0.15) is 19.2 Å². The molecule has 1 aromatic rings. The van der Waals surface area contributed by atoms with E-state index in [-0.39, 0.29) is 29.8 Å². The van der Waals surface area contributed by atoms with Gasteiger partial charge in [-0.05, 0) is 37.8 Å². The van der Waals surface area contributed by atoms with Crippen LogP contribution >= 0.6 is 0 Å². The van der Waals surface area contributed by atoms with Gasteiger partial charge < -0.3 is 14.8 Å². The molecule has 0 bridgehead atoms. The molecule has 1 aliphatic rings. The Morgan fingerprint density at radius 1 is 1.21 bits per heavy atom. The first-order valence-electron chi connectivity index (χ1n) is 9.69. The molecule has 1 N–H and O–H groups in total. The minimum atomic E-state index is -0.463. The topological polar surface area (TPSA) is 89.5 Å². The van der Waals surface area contributed by atoms with E-state index in [2.05, 4.69) is 5.32 Å². The van der Waals surface area contributed by atoms with Gasteiger partial charge in [0.2, 0.25) is 5.91 Å². The Kier molecular flexibility index (Phi) is 7.97. The molecule has 1 aromatic carbocycles. The number of hydrogen-bond acceptors (Lipinski definition) is 5. The number of esters is 1. The summed E-state index contributed by atoms with van der Waals surface area (Å²) in [5.74, 6) is -0.501. The van der Waals surface area contributed by atoms with Gasteiger partial charge in [-0.2, -0.15) is 0 Å². The maximum absolute atomic E-state index is 12.6. The Morgan fingerprint density at radius 3 is 2.64 bits per heavy atom. The molecule has 6 nitrogen and oxygen atoms in total. The second-order valence-electron chi connectivity index (χ2n) is 7.36. The quantitative estimate of drug-likeness (QED) is 0.400. The first-order valence-corrected chi connectivity index (χ1v) is 9.69. The van der Waals surface area contributed by atoms with E-state index in [0.29, 0.717) is 37.6 Å². The Balaban J connectivity index is 1.96. The molecule has 0 saturated carbocycles. The largest absolute Gasteiger partial charge is 0.462 e. The molecule has 1 heterocycles. The van der Waals surface area contributed by atoms with Gasteiger partial charge in [0.15, 0.2) is 5.78 Å². The van der Waals surface area contributed by atoms with Crippen molar-refractivity contribution in [2.75, 3.05) is 0 Å². The van der Waals surface area contributed by atoms with Gasteiger partial charge in [0.05, 0.1) is 0 Å². The van der Waals surface area contributed by atoms with Crippen molar-refractivity contribution < 1.29 is 23.9 Å². The molecule has 1 aliphatic heterocycles. The zero-order valence-electron chi connectivity index (χ0n) is 16.7. The number of ether oxygens (including phenoxy) is 1. The van der Waals surface area contributed by atoms with E-state index in [9.17, 15) is 19.2 Å². The average molecular weight is 384 g/mol. The van der Waals surface area contributed by atoms with Crippen LogP contribution in [0.2, 0.25) is 0 Å². The number of carbonyl (C=O) groups is 4. The van der Waals surface area contributed by atoms with E-state index in [1.165, 1.54) is 13.8 Å². The zero-order chi connectivity index (χ0) is 20.7. The summed E-state index contributed by atoms with van der Waals surface area (Å²) in [6, 6.07) is 5.62. The number of benzene rings is 1. The monoisotopic (exact) mass is 384 g/mol. The highest BCUT2D eigenvalue weighted by Gasteiger charge is 2.25. The van der Waals surface area contributed by atoms with Crippen LogP contribution in [-0.4, -0.2) is 42.8 Å². The molecule has 0 saturated heterocycles. The lowest BCUT2D eigenvalue weighted by Crippen LogP contribution is -2.44. The van der Waals surface area contributed by atoms with Crippen molar-refractivity contribution in [3.63, 3.8) is 0 Å². The van der Waals surface area contributed by atoms with Crippen molar-refractivity contribution in [2.45, 2.75) is 71.2 Å². The van der Waals surface area contributed by atoms with Crippen molar-refractivity contribution >= 4 is 30.7 Å². The van der Waals surface area contributed by atoms with Crippen LogP contribution in [0.4, 0.5) is 0 Å². The van der Waals surface area contributed by atoms with Crippen LogP contribution < -0.4 is 5.32 Å². The lowest BCUT2D eigenvalue weighted by Gasteiger charge is -2.26. The second-order valence-corrected chi connectivity index (χ2v) is 7.36. The molecule has 1 unspecified atom stereocenters. The van der Waals surface area contributed by atoms with Crippen molar-refractivity contribution in [3.8, 4) is 0 Å². The molecule has 2 atom stereocenters. The summed E-state index contributed by atoms with van der Waals surface area (Å²) >= 11 is 0. The maximum atomic E-state index is 12.6. The van der Waals surface area contributed by atoms with Gasteiger partial charge in [-0.1, -0.05) is 24.5 Å². The molecule has 149 valence electrons. The lowest BCUT2D eigenvalue weighted by molar-refractivity contribution is -0.145. The summed E-state index contributed by atoms with van der Waals surface area (Å²) in [6.07, 6.45) is 2.23. The fraction of sp³-hybridized carbons (Fsp3) is 0.524. The first-order chi connectivity index (χ1) is 13.3. The minimum absolute atomic E-state index is 0.0503. The number of carbonyl (C=O) groups excluding carboxylic acids is 4. The van der Waals surface area contributed by atoms with Crippen LogP contribution in [0.25, 0.3) is 0 Å². The summed E-state index contributed by atoms with van der Waals surface area (Å²) in [7, 11) is 2.01. The Bertz CT molecular complexity index is 761. The van der Waals surface area contributed by atoms with Crippen molar-refractivity contribution in [1.82, 2.24) is 5.32 Å². The Labute approximate surface area is 166 Å². The number of Topliss-reactive ketones (excluding diaryl/α,β-unsaturated/α-hetero) is 2. The summed E-state index contributed by atoms with van der Waals surface area (Å²) in [5, 5.41) is 2.99. The molecule has 0 spiro atoms. The van der Waals surface area contributed by atoms with Crippen LogP contribution in [0.15, 0.2) is 18.2 Å². The van der Waals surface area contributed by atoms with Crippen LogP contribution in [0.5, 0.6) is 0 Å². The molecule has 7 heteroatoms. The SMILES string of the molecule is CC(=O)CCCC(=O)N[C@@H]1[B]Cc2c(cccc2C(=O)CC(C)OC(C)=O)C1. The molecular weight excluding hydrogens is 357 g/mol. The molecule has 0 aliphatic carbocycles.